The maximum atomic E-state index is 13.3. The van der Waals surface area contributed by atoms with E-state index in [0.717, 1.165) is 22.5 Å². The first-order chi connectivity index (χ1) is 20.5. The van der Waals surface area contributed by atoms with Crippen LogP contribution in [-0.4, -0.2) is 53.5 Å². The molecule has 0 atom stereocenters. The predicted molar refractivity (Wildman–Crippen MR) is 180 cm³/mol. The molecule has 1 aliphatic rings. The largest absolute Gasteiger partial charge is 0.461 e. The molecule has 0 spiro atoms. The number of rotatable bonds is 10. The van der Waals surface area contributed by atoms with Gasteiger partial charge in [0, 0.05) is 59.3 Å². The van der Waals surface area contributed by atoms with Gasteiger partial charge in [0.25, 0.3) is 5.56 Å². The molecule has 5 rings (SSSR count). The highest BCUT2D eigenvalue weighted by Gasteiger charge is 2.45. The summed E-state index contributed by atoms with van der Waals surface area (Å²) in [6, 6.07) is 13.5. The third-order valence-electron chi connectivity index (χ3n) is 8.06. The van der Waals surface area contributed by atoms with Crippen molar-refractivity contribution in [3.05, 3.63) is 87.8 Å². The zero-order valence-corrected chi connectivity index (χ0v) is 28.2. The van der Waals surface area contributed by atoms with Gasteiger partial charge in [-0.2, -0.15) is 0 Å². The number of methoxy groups -OCH3 is 1. The Labute approximate surface area is 275 Å². The number of carbonyl (C=O) groups is 2. The minimum atomic E-state index is -1.17. The van der Waals surface area contributed by atoms with Crippen molar-refractivity contribution in [2.24, 2.45) is 5.41 Å². The van der Waals surface area contributed by atoms with E-state index in [0.29, 0.717) is 61.7 Å². The second-order valence-electron chi connectivity index (χ2n) is 11.6. The van der Waals surface area contributed by atoms with Crippen molar-refractivity contribution in [3.8, 4) is 0 Å². The first kappa shape index (κ1) is 35.8. The van der Waals surface area contributed by atoms with Crippen LogP contribution in [0.1, 0.15) is 43.4 Å². The van der Waals surface area contributed by atoms with Gasteiger partial charge in [0.15, 0.2) is 0 Å². The van der Waals surface area contributed by atoms with E-state index in [1.165, 1.54) is 0 Å². The third-order valence-corrected chi connectivity index (χ3v) is 8.06. The number of pyridine rings is 2. The van der Waals surface area contributed by atoms with E-state index < -0.39 is 5.41 Å². The van der Waals surface area contributed by atoms with Crippen LogP contribution in [0.15, 0.2) is 64.1 Å². The van der Waals surface area contributed by atoms with Gasteiger partial charge in [0.2, 0.25) is 11.8 Å². The van der Waals surface area contributed by atoms with Crippen molar-refractivity contribution >= 4 is 59.0 Å². The second-order valence-corrected chi connectivity index (χ2v) is 11.6. The van der Waals surface area contributed by atoms with Crippen LogP contribution in [0.5, 0.6) is 0 Å². The van der Waals surface area contributed by atoms with Crippen molar-refractivity contribution in [1.29, 1.82) is 0 Å². The Kier molecular flexibility index (Phi) is 11.6. The fourth-order valence-electron chi connectivity index (χ4n) is 5.69. The van der Waals surface area contributed by atoms with Crippen molar-refractivity contribution in [2.45, 2.75) is 53.9 Å². The summed E-state index contributed by atoms with van der Waals surface area (Å²) in [5.74, 6) is 0.254. The molecule has 0 fully saturated rings. The highest BCUT2D eigenvalue weighted by atomic mass is 35.5. The summed E-state index contributed by atoms with van der Waals surface area (Å²) < 4.78 is 12.5. The Bertz CT molecular complexity index is 1720. The monoisotopic (exact) mass is 657 g/mol. The lowest BCUT2D eigenvalue weighted by Crippen LogP contribution is -2.47. The molecule has 0 bridgehead atoms. The van der Waals surface area contributed by atoms with Crippen LogP contribution in [0.2, 0.25) is 0 Å². The van der Waals surface area contributed by atoms with Gasteiger partial charge in [-0.1, -0.05) is 12.1 Å². The Morgan fingerprint density at radius 1 is 0.956 bits per heavy atom. The minimum Gasteiger partial charge on any atom is -0.461 e. The third kappa shape index (κ3) is 7.25. The number of halogens is 2. The Morgan fingerprint density at radius 3 is 2.33 bits per heavy atom. The molecular weight excluding hydrogens is 617 g/mol. The zero-order valence-electron chi connectivity index (χ0n) is 26.5. The minimum absolute atomic E-state index is 0. The first-order valence-corrected chi connectivity index (χ1v) is 14.5. The Balaban J connectivity index is 0.00000276. The molecule has 0 aliphatic carbocycles. The zero-order chi connectivity index (χ0) is 30.9. The molecule has 4 aromatic rings. The maximum Gasteiger partial charge on any atom is 0.261 e. The molecule has 45 heavy (non-hydrogen) atoms. The van der Waals surface area contributed by atoms with Gasteiger partial charge in [-0.15, -0.1) is 24.8 Å². The molecule has 0 saturated carbocycles. The van der Waals surface area contributed by atoms with E-state index >= 15 is 0 Å². The number of benzene rings is 1. The second kappa shape index (κ2) is 14.6. The van der Waals surface area contributed by atoms with E-state index in [-0.39, 0.29) is 42.2 Å². The summed E-state index contributed by atoms with van der Waals surface area (Å²) in [5, 5.41) is 0.570. The summed E-state index contributed by atoms with van der Waals surface area (Å²) in [6.45, 7) is 10.2. The van der Waals surface area contributed by atoms with Crippen molar-refractivity contribution in [3.63, 3.8) is 0 Å². The lowest BCUT2D eigenvalue weighted by atomic mass is 9.90. The molecule has 1 aromatic carbocycles. The van der Waals surface area contributed by atoms with Crippen LogP contribution >= 0.6 is 24.8 Å². The molecule has 1 aliphatic heterocycles. The number of furan rings is 1. The van der Waals surface area contributed by atoms with Crippen LogP contribution in [0.4, 0.5) is 11.4 Å². The van der Waals surface area contributed by atoms with Crippen molar-refractivity contribution in [1.82, 2.24) is 14.5 Å². The summed E-state index contributed by atoms with van der Waals surface area (Å²) in [5.41, 5.74) is 3.62. The van der Waals surface area contributed by atoms with Gasteiger partial charge >= 0.3 is 0 Å². The molecule has 2 amide bonds. The van der Waals surface area contributed by atoms with Crippen LogP contribution in [0.25, 0.3) is 11.0 Å². The normalized spacial score (nSPS) is 14.3. The summed E-state index contributed by atoms with van der Waals surface area (Å²) in [6.07, 6.45) is 3.62. The number of ether oxygens (including phenoxy) is 1. The summed E-state index contributed by atoms with van der Waals surface area (Å²) in [7, 11) is 3.37. The van der Waals surface area contributed by atoms with Crippen LogP contribution < -0.4 is 15.4 Å². The average molecular weight is 659 g/mol. The topological polar surface area (TPSA) is 101 Å². The molecule has 0 radical (unpaired) electrons. The number of aryl methyl sites for hydroxylation is 1. The van der Waals surface area contributed by atoms with E-state index in [1.54, 1.807) is 54.6 Å². The fourth-order valence-corrected chi connectivity index (χ4v) is 5.69. The number of anilines is 2. The van der Waals surface area contributed by atoms with Crippen LogP contribution in [0.3, 0.4) is 0 Å². The molecule has 12 heteroatoms. The number of fused-ring (bicyclic) bond motifs is 2. The van der Waals surface area contributed by atoms with E-state index in [2.05, 4.69) is 9.88 Å². The van der Waals surface area contributed by atoms with E-state index in [9.17, 15) is 14.4 Å². The molecule has 4 heterocycles. The Hall–Kier alpha value is -3.70. The van der Waals surface area contributed by atoms with Gasteiger partial charge in [-0.3, -0.25) is 24.3 Å². The quantitative estimate of drug-likeness (QED) is 0.212. The fraction of sp³-hybridized carbons (Fsp3) is 0.394. The molecule has 10 nitrogen and oxygen atoms in total. The number of carbonyl (C=O) groups excluding carboxylic acids is 2. The highest BCUT2D eigenvalue weighted by Crippen LogP contribution is 2.39. The summed E-state index contributed by atoms with van der Waals surface area (Å²) >= 11 is 0. The number of nitrogens with zero attached hydrogens (tertiary/aromatic N) is 5. The van der Waals surface area contributed by atoms with Crippen LogP contribution in [0, 0.1) is 12.3 Å². The molecule has 0 N–H and O–H groups in total. The standard InChI is InChI=1S/C33H39N5O5.2ClH/c1-7-38-27-11-9-23(17-28(27)35(5)31(40)33(3,4)32(38)41)19-36(20-24-8-10-25(21-42-6)34-18-24)14-15-37-13-12-29-26(30(37)39)16-22(2)43-29;;/h8-13,16-18H,7,14-15,19-21H2,1-6H3;2*1H. The number of hydrogen-bond donors (Lipinski definition) is 0. The molecular formula is C33H41Cl2N5O5. The molecule has 3 aromatic heterocycles. The number of aromatic nitrogens is 2. The smallest absolute Gasteiger partial charge is 0.261 e. The highest BCUT2D eigenvalue weighted by molar-refractivity contribution is 6.19. The lowest BCUT2D eigenvalue weighted by molar-refractivity contribution is -0.137. The molecule has 0 saturated heterocycles. The molecule has 0 unspecified atom stereocenters. The predicted octanol–water partition coefficient (Wildman–Crippen LogP) is 5.35. The van der Waals surface area contributed by atoms with Crippen molar-refractivity contribution < 1.29 is 18.7 Å². The Morgan fingerprint density at radius 2 is 1.67 bits per heavy atom. The number of hydrogen-bond acceptors (Lipinski definition) is 7. The summed E-state index contributed by atoms with van der Waals surface area (Å²) in [4.78, 5) is 49.9. The van der Waals surface area contributed by atoms with Gasteiger partial charge < -0.3 is 23.5 Å². The maximum absolute atomic E-state index is 13.3. The van der Waals surface area contributed by atoms with Crippen LogP contribution in [-0.2, 0) is 40.6 Å². The first-order valence-electron chi connectivity index (χ1n) is 14.5. The van der Waals surface area contributed by atoms with E-state index in [1.807, 2.05) is 56.4 Å². The lowest BCUT2D eigenvalue weighted by Gasteiger charge is -2.27. The number of amides is 2. The van der Waals surface area contributed by atoms with Gasteiger partial charge in [-0.05, 0) is 69.2 Å². The average Bonchev–Trinajstić information content (AvgIpc) is 3.37. The molecule has 242 valence electrons. The SMILES string of the molecule is CCN1C(=O)C(C)(C)C(=O)N(C)c2cc(CN(CCn3ccc4oc(C)cc4c3=O)Cc3ccc(COC)nc3)ccc21.Cl.Cl. The van der Waals surface area contributed by atoms with E-state index in [4.69, 9.17) is 9.15 Å². The van der Waals surface area contributed by atoms with Gasteiger partial charge in [-0.25, -0.2) is 0 Å². The van der Waals surface area contributed by atoms with Crippen molar-refractivity contribution in [2.75, 3.05) is 37.0 Å². The van der Waals surface area contributed by atoms with Gasteiger partial charge in [0.1, 0.15) is 16.8 Å². The van der Waals surface area contributed by atoms with Gasteiger partial charge in [0.05, 0.1) is 29.1 Å².